The number of nitrogens with one attached hydrogen (secondary N) is 1. The average Bonchev–Trinajstić information content (AvgIpc) is 2.74. The standard InChI is InChI=1S/C14H18N2O5S/c1-9-8-10(14(18)21-9)2-7-13(17)16-11-3-5-12(6-4-11)22(15,19)20/h3-6,9-10H,2,7-8H2,1H3,(H,16,17)(H2,15,19,20)/t9-,10-/m1/s1. The summed E-state index contributed by atoms with van der Waals surface area (Å²) in [6.07, 6.45) is 1.18. The van der Waals surface area contributed by atoms with Crippen LogP contribution in [0.1, 0.15) is 26.2 Å². The van der Waals surface area contributed by atoms with Crippen LogP contribution in [0.3, 0.4) is 0 Å². The Labute approximate surface area is 128 Å². The van der Waals surface area contributed by atoms with Gasteiger partial charge in [0.05, 0.1) is 16.9 Å². The molecule has 0 saturated carbocycles. The number of sulfonamides is 1. The van der Waals surface area contributed by atoms with Crippen LogP contribution in [0.25, 0.3) is 0 Å². The summed E-state index contributed by atoms with van der Waals surface area (Å²) < 4.78 is 27.3. The molecule has 0 bridgehead atoms. The van der Waals surface area contributed by atoms with Gasteiger partial charge >= 0.3 is 5.97 Å². The number of amides is 1. The van der Waals surface area contributed by atoms with E-state index in [-0.39, 0.29) is 35.2 Å². The van der Waals surface area contributed by atoms with Crippen LogP contribution in [0.5, 0.6) is 0 Å². The van der Waals surface area contributed by atoms with Crippen LogP contribution >= 0.6 is 0 Å². The molecule has 1 heterocycles. The van der Waals surface area contributed by atoms with E-state index in [0.717, 1.165) is 0 Å². The second kappa shape index (κ2) is 6.45. The Morgan fingerprint density at radius 2 is 2.00 bits per heavy atom. The molecule has 1 amide bonds. The highest BCUT2D eigenvalue weighted by Gasteiger charge is 2.31. The van der Waals surface area contributed by atoms with Gasteiger partial charge in [-0.05, 0) is 44.0 Å². The molecule has 3 N–H and O–H groups in total. The normalized spacial score (nSPS) is 21.5. The number of nitrogens with two attached hydrogens (primary N) is 1. The zero-order chi connectivity index (χ0) is 16.3. The van der Waals surface area contributed by atoms with Crippen molar-refractivity contribution in [3.8, 4) is 0 Å². The fraction of sp³-hybridized carbons (Fsp3) is 0.429. The van der Waals surface area contributed by atoms with Gasteiger partial charge in [-0.15, -0.1) is 0 Å². The van der Waals surface area contributed by atoms with Crippen molar-refractivity contribution in [1.29, 1.82) is 0 Å². The van der Waals surface area contributed by atoms with Crippen molar-refractivity contribution < 1.29 is 22.7 Å². The number of carbonyl (C=O) groups is 2. The quantitative estimate of drug-likeness (QED) is 0.783. The number of benzene rings is 1. The number of cyclic esters (lactones) is 1. The minimum atomic E-state index is -3.74. The Hall–Kier alpha value is -1.93. The Kier molecular flexibility index (Phi) is 4.82. The van der Waals surface area contributed by atoms with Gasteiger partial charge in [-0.2, -0.15) is 0 Å². The van der Waals surface area contributed by atoms with E-state index in [4.69, 9.17) is 9.88 Å². The minimum Gasteiger partial charge on any atom is -0.462 e. The summed E-state index contributed by atoms with van der Waals surface area (Å²) in [5.41, 5.74) is 0.472. The Bertz CT molecular complexity index is 669. The second-order valence-electron chi connectivity index (χ2n) is 5.34. The van der Waals surface area contributed by atoms with Gasteiger partial charge in [0.1, 0.15) is 0 Å². The molecule has 1 saturated heterocycles. The monoisotopic (exact) mass is 326 g/mol. The minimum absolute atomic E-state index is 0.0202. The summed E-state index contributed by atoms with van der Waals surface area (Å²) in [5, 5.41) is 7.63. The molecule has 0 spiro atoms. The second-order valence-corrected chi connectivity index (χ2v) is 6.90. The van der Waals surface area contributed by atoms with Crippen LogP contribution < -0.4 is 10.5 Å². The van der Waals surface area contributed by atoms with Gasteiger partial charge in [-0.1, -0.05) is 0 Å². The van der Waals surface area contributed by atoms with E-state index in [2.05, 4.69) is 5.32 Å². The molecule has 8 heteroatoms. The SMILES string of the molecule is C[C@@H]1C[C@@H](CCC(=O)Nc2ccc(S(N)(=O)=O)cc2)C(=O)O1. The lowest BCUT2D eigenvalue weighted by Gasteiger charge is -2.07. The molecule has 1 aromatic carbocycles. The first-order valence-electron chi connectivity index (χ1n) is 6.89. The number of esters is 1. The highest BCUT2D eigenvalue weighted by atomic mass is 32.2. The molecule has 0 aromatic heterocycles. The number of ether oxygens (including phenoxy) is 1. The van der Waals surface area contributed by atoms with Crippen LogP contribution in [0, 0.1) is 5.92 Å². The first-order chi connectivity index (χ1) is 10.3. The van der Waals surface area contributed by atoms with Gasteiger partial charge in [0.15, 0.2) is 0 Å². The Morgan fingerprint density at radius 1 is 1.36 bits per heavy atom. The summed E-state index contributed by atoms with van der Waals surface area (Å²) in [5.74, 6) is -0.723. The third-order valence-electron chi connectivity index (χ3n) is 3.45. The van der Waals surface area contributed by atoms with E-state index in [1.807, 2.05) is 6.92 Å². The number of primary sulfonamides is 1. The Balaban J connectivity index is 1.86. The van der Waals surface area contributed by atoms with Crippen LogP contribution in [0.4, 0.5) is 5.69 Å². The largest absolute Gasteiger partial charge is 0.462 e. The van der Waals surface area contributed by atoms with E-state index < -0.39 is 10.0 Å². The van der Waals surface area contributed by atoms with Gasteiger partial charge < -0.3 is 10.1 Å². The highest BCUT2D eigenvalue weighted by Crippen LogP contribution is 2.25. The molecule has 7 nitrogen and oxygen atoms in total. The molecule has 22 heavy (non-hydrogen) atoms. The van der Waals surface area contributed by atoms with Crippen molar-refractivity contribution >= 4 is 27.6 Å². The molecule has 1 aliphatic heterocycles. The van der Waals surface area contributed by atoms with Gasteiger partial charge in [0.25, 0.3) is 0 Å². The predicted octanol–water partition coefficient (Wildman–Crippen LogP) is 1.00. The topological polar surface area (TPSA) is 116 Å². The van der Waals surface area contributed by atoms with Gasteiger partial charge in [-0.25, -0.2) is 13.6 Å². The molecule has 2 atom stereocenters. The van der Waals surface area contributed by atoms with Gasteiger partial charge in [-0.3, -0.25) is 9.59 Å². The number of anilines is 1. The zero-order valence-corrected chi connectivity index (χ0v) is 12.9. The molecule has 1 aromatic rings. The third-order valence-corrected chi connectivity index (χ3v) is 4.38. The molecule has 120 valence electrons. The van der Waals surface area contributed by atoms with Gasteiger partial charge in [0, 0.05) is 12.1 Å². The lowest BCUT2D eigenvalue weighted by molar-refractivity contribution is -0.143. The highest BCUT2D eigenvalue weighted by molar-refractivity contribution is 7.89. The maximum atomic E-state index is 11.8. The third kappa shape index (κ3) is 4.28. The summed E-state index contributed by atoms with van der Waals surface area (Å²) in [7, 11) is -3.74. The number of rotatable bonds is 5. The maximum absolute atomic E-state index is 11.8. The smallest absolute Gasteiger partial charge is 0.309 e. The van der Waals surface area contributed by atoms with Crippen LogP contribution in [-0.2, 0) is 24.3 Å². The molecule has 0 unspecified atom stereocenters. The van der Waals surface area contributed by atoms with E-state index in [0.29, 0.717) is 18.5 Å². The van der Waals surface area contributed by atoms with E-state index in [9.17, 15) is 18.0 Å². The molecular formula is C14H18N2O5S. The fourth-order valence-corrected chi connectivity index (χ4v) is 2.85. The van der Waals surface area contributed by atoms with Crippen molar-refractivity contribution in [1.82, 2.24) is 0 Å². The summed E-state index contributed by atoms with van der Waals surface area (Å²) in [6.45, 7) is 1.82. The number of hydrogen-bond acceptors (Lipinski definition) is 5. The zero-order valence-electron chi connectivity index (χ0n) is 12.1. The molecular weight excluding hydrogens is 308 g/mol. The van der Waals surface area contributed by atoms with Crippen LogP contribution in [-0.4, -0.2) is 26.4 Å². The molecule has 0 radical (unpaired) electrons. The van der Waals surface area contributed by atoms with Crippen molar-refractivity contribution in [2.24, 2.45) is 11.1 Å². The summed E-state index contributed by atoms with van der Waals surface area (Å²) >= 11 is 0. The lowest BCUT2D eigenvalue weighted by Crippen LogP contribution is -2.16. The fourth-order valence-electron chi connectivity index (χ4n) is 2.33. The summed E-state index contributed by atoms with van der Waals surface area (Å²) in [6, 6.07) is 5.56. The maximum Gasteiger partial charge on any atom is 0.309 e. The number of carbonyl (C=O) groups excluding carboxylic acids is 2. The molecule has 1 fully saturated rings. The lowest BCUT2D eigenvalue weighted by atomic mass is 9.99. The molecule has 2 rings (SSSR count). The van der Waals surface area contributed by atoms with Gasteiger partial charge in [0.2, 0.25) is 15.9 Å². The van der Waals surface area contributed by atoms with Crippen molar-refractivity contribution in [3.63, 3.8) is 0 Å². The van der Waals surface area contributed by atoms with Crippen molar-refractivity contribution in [3.05, 3.63) is 24.3 Å². The first kappa shape index (κ1) is 16.4. The Morgan fingerprint density at radius 3 is 2.50 bits per heavy atom. The van der Waals surface area contributed by atoms with Crippen LogP contribution in [0.2, 0.25) is 0 Å². The van der Waals surface area contributed by atoms with E-state index in [1.54, 1.807) is 0 Å². The summed E-state index contributed by atoms with van der Waals surface area (Å²) in [4.78, 5) is 23.3. The molecule has 1 aliphatic rings. The van der Waals surface area contributed by atoms with Crippen molar-refractivity contribution in [2.45, 2.75) is 37.2 Å². The number of hydrogen-bond donors (Lipinski definition) is 2. The first-order valence-corrected chi connectivity index (χ1v) is 8.43. The van der Waals surface area contributed by atoms with Crippen molar-refractivity contribution in [2.75, 3.05) is 5.32 Å². The predicted molar refractivity (Wildman–Crippen MR) is 79.3 cm³/mol. The van der Waals surface area contributed by atoms with E-state index in [1.165, 1.54) is 24.3 Å². The van der Waals surface area contributed by atoms with Crippen LogP contribution in [0.15, 0.2) is 29.2 Å². The average molecular weight is 326 g/mol. The molecule has 0 aliphatic carbocycles. The van der Waals surface area contributed by atoms with E-state index >= 15 is 0 Å².